The second kappa shape index (κ2) is 13.5. The van der Waals surface area contributed by atoms with Gasteiger partial charge in [-0.3, -0.25) is 9.59 Å². The summed E-state index contributed by atoms with van der Waals surface area (Å²) in [5, 5.41) is 9.78. The maximum absolute atomic E-state index is 13.6. The molecule has 4 aromatic rings. The molecule has 0 aliphatic carbocycles. The monoisotopic (exact) mass is 595 g/mol. The molecule has 2 heterocycles. The molecule has 0 spiro atoms. The number of nitrogens with zero attached hydrogens (tertiary/aromatic N) is 4. The molecule has 220 valence electrons. The number of ketones is 1. The van der Waals surface area contributed by atoms with E-state index in [2.05, 4.69) is 61.5 Å². The predicted molar refractivity (Wildman–Crippen MR) is 174 cm³/mol. The fourth-order valence-electron chi connectivity index (χ4n) is 4.80. The number of amides is 1. The normalized spacial score (nSPS) is 13.3. The Kier molecular flexibility index (Phi) is 9.34. The van der Waals surface area contributed by atoms with E-state index in [-0.39, 0.29) is 18.1 Å². The first-order chi connectivity index (χ1) is 20.8. The van der Waals surface area contributed by atoms with Gasteiger partial charge in [-0.1, -0.05) is 30.3 Å². The lowest BCUT2D eigenvalue weighted by molar-refractivity contribution is -0.111. The predicted octanol–water partition coefficient (Wildman–Crippen LogP) is 6.23. The number of rotatable bonds is 10. The molecule has 43 heavy (non-hydrogen) atoms. The van der Waals surface area contributed by atoms with Gasteiger partial charge in [-0.05, 0) is 85.8 Å². The van der Waals surface area contributed by atoms with Gasteiger partial charge in [-0.15, -0.1) is 0 Å². The van der Waals surface area contributed by atoms with Crippen LogP contribution in [0, 0.1) is 6.92 Å². The highest BCUT2D eigenvalue weighted by atomic mass is 35.5. The highest BCUT2D eigenvalue weighted by molar-refractivity contribution is 6.31. The molecule has 1 saturated heterocycles. The van der Waals surface area contributed by atoms with Crippen LogP contribution in [0.15, 0.2) is 85.6 Å². The summed E-state index contributed by atoms with van der Waals surface area (Å²) in [6.45, 7) is 9.47. The number of hydrogen-bond acceptors (Lipinski definition) is 8. The number of aryl methyl sites for hydroxylation is 1. The lowest BCUT2D eigenvalue weighted by atomic mass is 10.0. The van der Waals surface area contributed by atoms with Gasteiger partial charge in [-0.2, -0.15) is 4.98 Å². The van der Waals surface area contributed by atoms with Crippen LogP contribution in [-0.4, -0.2) is 59.8 Å². The highest BCUT2D eigenvalue weighted by Crippen LogP contribution is 2.27. The molecule has 0 atom stereocenters. The van der Waals surface area contributed by atoms with Gasteiger partial charge in [0.25, 0.3) is 0 Å². The number of hydrogen-bond donors (Lipinski definition) is 3. The highest BCUT2D eigenvalue weighted by Gasteiger charge is 2.19. The molecule has 0 radical (unpaired) electrons. The van der Waals surface area contributed by atoms with Crippen LogP contribution >= 0.6 is 11.6 Å². The summed E-state index contributed by atoms with van der Waals surface area (Å²) in [7, 11) is 2.14. The first-order valence-corrected chi connectivity index (χ1v) is 14.4. The lowest BCUT2D eigenvalue weighted by Crippen LogP contribution is -2.44. The fourth-order valence-corrected chi connectivity index (χ4v) is 5.09. The zero-order chi connectivity index (χ0) is 30.3. The Balaban J connectivity index is 1.39. The van der Waals surface area contributed by atoms with Crippen molar-refractivity contribution in [2.75, 3.05) is 54.1 Å². The molecule has 9 nitrogen and oxygen atoms in total. The van der Waals surface area contributed by atoms with Crippen LogP contribution in [0.3, 0.4) is 0 Å². The van der Waals surface area contributed by atoms with E-state index in [0.29, 0.717) is 33.7 Å². The number of benzene rings is 3. The Labute approximate surface area is 256 Å². The molecule has 0 saturated carbocycles. The topological polar surface area (TPSA) is 102 Å². The molecule has 0 bridgehead atoms. The van der Waals surface area contributed by atoms with Crippen LogP contribution in [0.1, 0.15) is 21.5 Å². The maximum atomic E-state index is 13.6. The van der Waals surface area contributed by atoms with E-state index < -0.39 is 0 Å². The zero-order valence-corrected chi connectivity index (χ0v) is 25.0. The number of halogens is 1. The smallest absolute Gasteiger partial charge is 0.247 e. The summed E-state index contributed by atoms with van der Waals surface area (Å²) in [6, 6.07) is 20.8. The van der Waals surface area contributed by atoms with Crippen molar-refractivity contribution in [3.63, 3.8) is 0 Å². The van der Waals surface area contributed by atoms with Gasteiger partial charge < -0.3 is 25.8 Å². The Hall–Kier alpha value is -4.73. The first-order valence-electron chi connectivity index (χ1n) is 14.0. The second-order valence-corrected chi connectivity index (χ2v) is 10.9. The van der Waals surface area contributed by atoms with Gasteiger partial charge in [0, 0.05) is 66.6 Å². The third-order valence-electron chi connectivity index (χ3n) is 7.37. The summed E-state index contributed by atoms with van der Waals surface area (Å²) in [5.74, 6) is 0.225. The van der Waals surface area contributed by atoms with E-state index >= 15 is 0 Å². The van der Waals surface area contributed by atoms with Gasteiger partial charge in [0.2, 0.25) is 11.9 Å². The number of carbonyl (C=O) groups is 2. The van der Waals surface area contributed by atoms with E-state index in [1.807, 2.05) is 31.2 Å². The molecule has 10 heteroatoms. The standard InChI is InChI=1S/C33H34ClN7O2/c1-4-31(43)36-23-8-10-24(11-9-23)37-32-28(30(42)20-27-22(2)6-5-7-29(27)34)21-35-33(39-32)38-25-12-14-26(15-13-25)41-18-16-40(3)17-19-41/h4-15,21H,1,16-20H2,2-3H3,(H,36,43)(H2,35,37,38,39). The molecule has 3 aromatic carbocycles. The Morgan fingerprint density at radius 2 is 1.58 bits per heavy atom. The summed E-state index contributed by atoms with van der Waals surface area (Å²) in [4.78, 5) is 39.1. The number of carbonyl (C=O) groups excluding carboxylic acids is 2. The molecule has 0 unspecified atom stereocenters. The largest absolute Gasteiger partial charge is 0.369 e. The number of Topliss-reactive ketones (excluding diaryl/α,β-unsaturated/α-hetero) is 1. The number of likely N-dealkylation sites (N-methyl/N-ethyl adjacent to an activating group) is 1. The van der Waals surface area contributed by atoms with Gasteiger partial charge in [0.15, 0.2) is 5.78 Å². The molecule has 3 N–H and O–H groups in total. The van der Waals surface area contributed by atoms with Crippen molar-refractivity contribution in [3.05, 3.63) is 107 Å². The molecule has 1 aliphatic heterocycles. The summed E-state index contributed by atoms with van der Waals surface area (Å²) < 4.78 is 0. The third-order valence-corrected chi connectivity index (χ3v) is 7.73. The quantitative estimate of drug-likeness (QED) is 0.147. The Morgan fingerprint density at radius 1 is 0.930 bits per heavy atom. The fraction of sp³-hybridized carbons (Fsp3) is 0.212. The van der Waals surface area contributed by atoms with E-state index in [1.165, 1.54) is 18.0 Å². The van der Waals surface area contributed by atoms with Crippen molar-refractivity contribution >= 4 is 57.8 Å². The second-order valence-electron chi connectivity index (χ2n) is 10.4. The van der Waals surface area contributed by atoms with Gasteiger partial charge in [0.05, 0.1) is 5.56 Å². The van der Waals surface area contributed by atoms with Gasteiger partial charge >= 0.3 is 0 Å². The van der Waals surface area contributed by atoms with E-state index in [0.717, 1.165) is 43.0 Å². The summed E-state index contributed by atoms with van der Waals surface area (Å²) in [5.41, 5.74) is 5.34. The van der Waals surface area contributed by atoms with Crippen molar-refractivity contribution in [1.82, 2.24) is 14.9 Å². The zero-order valence-electron chi connectivity index (χ0n) is 24.2. The molecule has 1 amide bonds. The Bertz CT molecular complexity index is 1600. The van der Waals surface area contributed by atoms with Gasteiger partial charge in [-0.25, -0.2) is 4.98 Å². The van der Waals surface area contributed by atoms with Crippen LogP contribution in [0.25, 0.3) is 0 Å². The van der Waals surface area contributed by atoms with E-state index in [9.17, 15) is 9.59 Å². The first kappa shape index (κ1) is 29.8. The average Bonchev–Trinajstić information content (AvgIpc) is 3.01. The molecule has 1 aliphatic rings. The minimum Gasteiger partial charge on any atom is -0.369 e. The van der Waals surface area contributed by atoms with Crippen molar-refractivity contribution in [1.29, 1.82) is 0 Å². The minimum absolute atomic E-state index is 0.108. The molecule has 1 aromatic heterocycles. The van der Waals surface area contributed by atoms with E-state index in [4.69, 9.17) is 11.6 Å². The summed E-state index contributed by atoms with van der Waals surface area (Å²) in [6.07, 6.45) is 2.85. The van der Waals surface area contributed by atoms with Crippen LogP contribution in [0.4, 0.5) is 34.5 Å². The molecule has 1 fully saturated rings. The van der Waals surface area contributed by atoms with Crippen LogP contribution < -0.4 is 20.9 Å². The van der Waals surface area contributed by atoms with Crippen molar-refractivity contribution in [2.45, 2.75) is 13.3 Å². The number of piperazine rings is 1. The van der Waals surface area contributed by atoms with Crippen molar-refractivity contribution in [2.24, 2.45) is 0 Å². The molecular formula is C33H34ClN7O2. The van der Waals surface area contributed by atoms with Crippen LogP contribution in [-0.2, 0) is 11.2 Å². The summed E-state index contributed by atoms with van der Waals surface area (Å²) >= 11 is 6.42. The number of nitrogens with one attached hydrogen (secondary N) is 3. The number of anilines is 6. The Morgan fingerprint density at radius 3 is 2.26 bits per heavy atom. The van der Waals surface area contributed by atoms with Crippen LogP contribution in [0.2, 0.25) is 5.02 Å². The SMILES string of the molecule is C=CC(=O)Nc1ccc(Nc2nc(Nc3ccc(N4CCN(C)CC4)cc3)ncc2C(=O)Cc2c(C)cccc2Cl)cc1. The number of aromatic nitrogens is 2. The lowest BCUT2D eigenvalue weighted by Gasteiger charge is -2.34. The minimum atomic E-state index is -0.299. The molecule has 5 rings (SSSR count). The maximum Gasteiger partial charge on any atom is 0.247 e. The van der Waals surface area contributed by atoms with Gasteiger partial charge in [0.1, 0.15) is 5.82 Å². The third kappa shape index (κ3) is 7.57. The van der Waals surface area contributed by atoms with Crippen molar-refractivity contribution in [3.8, 4) is 0 Å². The van der Waals surface area contributed by atoms with Crippen LogP contribution in [0.5, 0.6) is 0 Å². The van der Waals surface area contributed by atoms with E-state index in [1.54, 1.807) is 30.3 Å². The van der Waals surface area contributed by atoms with Crippen molar-refractivity contribution < 1.29 is 9.59 Å². The molecular weight excluding hydrogens is 562 g/mol. The average molecular weight is 596 g/mol.